The quantitative estimate of drug-likeness (QED) is 0.0799. The first-order valence-corrected chi connectivity index (χ1v) is 27.3. The van der Waals surface area contributed by atoms with E-state index >= 15 is 0 Å². The van der Waals surface area contributed by atoms with Gasteiger partial charge in [0, 0.05) is 41.0 Å². The molecule has 17 nitrogen and oxygen atoms in total. The molecular formula is C60H82F3N5O12. The van der Waals surface area contributed by atoms with E-state index in [1.807, 2.05) is 55.4 Å². The predicted molar refractivity (Wildman–Crippen MR) is 294 cm³/mol. The van der Waals surface area contributed by atoms with Crippen LogP contribution in [-0.2, 0) is 83.0 Å². The molecule has 0 bridgehead atoms. The highest BCUT2D eigenvalue weighted by Gasteiger charge is 2.43. The van der Waals surface area contributed by atoms with Crippen LogP contribution in [0.15, 0.2) is 90.1 Å². The molecule has 8 atom stereocenters. The fourth-order valence-corrected chi connectivity index (χ4v) is 9.29. The number of ether oxygens (including phenoxy) is 4. The van der Waals surface area contributed by atoms with E-state index in [9.17, 15) is 46.7 Å². The molecule has 1 unspecified atom stereocenters. The third-order valence-electron chi connectivity index (χ3n) is 13.7. The SMILES string of the molecule is CC(C)CC1C(=O)O[C@H](C)C(=O)N(C)[C@@H](CC(C)C)C(=O)O[C@H](Cc2ccccc2)C(=O)N(C)[C@@H](CC(C)C)C(=O)O[C@H](C)/C(=N\OCc2cccc(C(F)(F)F)c2)N(C)[C@@H](CC(C)C)C(=O)O[C@H](Cc2ccccc2)C(=O)N1C. The molecule has 440 valence electrons. The number of hydrogen-bond donors (Lipinski definition) is 0. The summed E-state index contributed by atoms with van der Waals surface area (Å²) in [5.74, 6) is -7.11. The van der Waals surface area contributed by atoms with Gasteiger partial charge in [0.05, 0.1) is 5.56 Å². The van der Waals surface area contributed by atoms with Crippen molar-refractivity contribution in [2.24, 2.45) is 28.8 Å². The first-order valence-electron chi connectivity index (χ1n) is 27.3. The Labute approximate surface area is 469 Å². The molecule has 0 aliphatic carbocycles. The Balaban J connectivity index is 1.97. The van der Waals surface area contributed by atoms with Gasteiger partial charge in [0.25, 0.3) is 17.7 Å². The summed E-state index contributed by atoms with van der Waals surface area (Å²) in [7, 11) is 5.57. The van der Waals surface area contributed by atoms with E-state index in [1.165, 1.54) is 59.1 Å². The Hall–Kier alpha value is -6.99. The minimum Gasteiger partial charge on any atom is -0.453 e. The summed E-state index contributed by atoms with van der Waals surface area (Å²) in [6.07, 6.45) is -10.7. The number of rotatable bonds is 15. The van der Waals surface area contributed by atoms with Crippen LogP contribution in [0.5, 0.6) is 0 Å². The predicted octanol–water partition coefficient (Wildman–Crippen LogP) is 8.69. The highest BCUT2D eigenvalue weighted by Crippen LogP contribution is 2.30. The van der Waals surface area contributed by atoms with Gasteiger partial charge >= 0.3 is 30.1 Å². The van der Waals surface area contributed by atoms with E-state index in [0.29, 0.717) is 11.1 Å². The van der Waals surface area contributed by atoms with Crippen LogP contribution in [0.1, 0.15) is 117 Å². The highest BCUT2D eigenvalue weighted by molar-refractivity contribution is 5.95. The van der Waals surface area contributed by atoms with Gasteiger partial charge in [0.15, 0.2) is 30.3 Å². The Bertz CT molecular complexity index is 2580. The molecule has 1 aliphatic rings. The molecule has 4 rings (SSSR count). The van der Waals surface area contributed by atoms with Crippen LogP contribution in [0.4, 0.5) is 13.2 Å². The van der Waals surface area contributed by atoms with Gasteiger partial charge in [-0.2, -0.15) is 13.2 Å². The number of benzene rings is 3. The van der Waals surface area contributed by atoms with Gasteiger partial charge < -0.3 is 43.4 Å². The molecule has 3 aromatic carbocycles. The number of amidine groups is 1. The van der Waals surface area contributed by atoms with Gasteiger partial charge in [-0.25, -0.2) is 19.2 Å². The summed E-state index contributed by atoms with van der Waals surface area (Å²) >= 11 is 0. The molecule has 0 N–H and O–H groups in total. The largest absolute Gasteiger partial charge is 0.453 e. The van der Waals surface area contributed by atoms with Crippen LogP contribution >= 0.6 is 0 Å². The number of halogens is 3. The normalized spacial score (nSPS) is 23.9. The van der Waals surface area contributed by atoms with Crippen molar-refractivity contribution >= 4 is 47.4 Å². The van der Waals surface area contributed by atoms with Gasteiger partial charge in [-0.05, 0) is 92.0 Å². The maximum absolute atomic E-state index is 15.0. The molecule has 0 radical (unpaired) electrons. The topological polar surface area (TPSA) is 191 Å². The van der Waals surface area contributed by atoms with Crippen LogP contribution in [0.2, 0.25) is 0 Å². The average Bonchev–Trinajstić information content (AvgIpc) is 3.44. The molecule has 1 fully saturated rings. The first kappa shape index (κ1) is 65.5. The van der Waals surface area contributed by atoms with Crippen LogP contribution in [0.3, 0.4) is 0 Å². The third-order valence-corrected chi connectivity index (χ3v) is 13.7. The minimum atomic E-state index is -4.66. The molecule has 3 aromatic rings. The summed E-state index contributed by atoms with van der Waals surface area (Å²) in [5.41, 5.74) is 0.379. The van der Waals surface area contributed by atoms with Crippen LogP contribution in [-0.4, -0.2) is 144 Å². The van der Waals surface area contributed by atoms with Crippen LogP contribution in [0.25, 0.3) is 0 Å². The number of carbonyl (C=O) groups excluding carboxylic acids is 7. The maximum atomic E-state index is 15.0. The average molecular weight is 1120 g/mol. The molecule has 0 saturated carbocycles. The molecule has 1 heterocycles. The first-order chi connectivity index (χ1) is 37.5. The van der Waals surface area contributed by atoms with Crippen LogP contribution < -0.4 is 0 Å². The van der Waals surface area contributed by atoms with Crippen molar-refractivity contribution < 1.29 is 70.5 Å². The van der Waals surface area contributed by atoms with E-state index in [0.717, 1.165) is 26.8 Å². The van der Waals surface area contributed by atoms with Gasteiger partial charge in [-0.15, -0.1) is 0 Å². The van der Waals surface area contributed by atoms with E-state index in [-0.39, 0.29) is 73.6 Å². The van der Waals surface area contributed by atoms with Crippen molar-refractivity contribution in [1.29, 1.82) is 0 Å². The Morgan fingerprint density at radius 3 is 1.21 bits per heavy atom. The standard InChI is InChI=1S/C60H82F3N5O12/c1-36(2)28-46-58(74)79-50(33-42-22-17-15-18-23-42)54(70)68(14)48(30-38(5)6)57(73)78-41(10)53(69)66(12)49(31-39(7)8)59(75)80-51(34-43-24-19-16-20-25-43)55(71)67(13)47(29-37(3)4)56(72)77-40(9)52(65(46)11)64-76-35-44-26-21-27-45(32-44)60(61,62)63/h15-27,32,36-41,46-51H,28-31,33-35H2,1-14H3/b64-52+/t40-,41-,46+,47+,48?,49+,50-,51-/m1/s1. The summed E-state index contributed by atoms with van der Waals surface area (Å²) in [5, 5.41) is 4.32. The highest BCUT2D eigenvalue weighted by atomic mass is 19.4. The molecule has 80 heavy (non-hydrogen) atoms. The third kappa shape index (κ3) is 19.1. The van der Waals surface area contributed by atoms with Gasteiger partial charge in [-0.1, -0.05) is 133 Å². The number of oxime groups is 1. The number of amides is 3. The number of cyclic esters (lactones) is 4. The summed E-state index contributed by atoms with van der Waals surface area (Å²) in [6.45, 7) is 16.9. The number of carbonyl (C=O) groups is 7. The van der Waals surface area contributed by atoms with Gasteiger partial charge in [-0.3, -0.25) is 14.4 Å². The number of likely N-dealkylation sites (N-methyl/N-ethyl adjacent to an activating group) is 4. The zero-order valence-electron chi connectivity index (χ0n) is 48.7. The lowest BCUT2D eigenvalue weighted by Crippen LogP contribution is -2.55. The van der Waals surface area contributed by atoms with E-state index in [1.54, 1.807) is 60.7 Å². The van der Waals surface area contributed by atoms with Crippen molar-refractivity contribution in [2.75, 3.05) is 28.2 Å². The lowest BCUT2D eigenvalue weighted by molar-refractivity contribution is -0.174. The maximum Gasteiger partial charge on any atom is 0.416 e. The summed E-state index contributed by atoms with van der Waals surface area (Å²) < 4.78 is 65.7. The van der Waals surface area contributed by atoms with E-state index in [4.69, 9.17) is 23.8 Å². The minimum absolute atomic E-state index is 0.0452. The number of esters is 4. The fourth-order valence-electron chi connectivity index (χ4n) is 9.29. The molecular weight excluding hydrogens is 1040 g/mol. The molecule has 0 spiro atoms. The number of nitrogens with zero attached hydrogens (tertiary/aromatic N) is 5. The smallest absolute Gasteiger partial charge is 0.416 e. The second kappa shape index (κ2) is 30.0. The lowest BCUT2D eigenvalue weighted by Gasteiger charge is -2.36. The van der Waals surface area contributed by atoms with E-state index < -0.39 is 109 Å². The van der Waals surface area contributed by atoms with Crippen molar-refractivity contribution in [3.63, 3.8) is 0 Å². The zero-order chi connectivity index (χ0) is 59.8. The van der Waals surface area contributed by atoms with Crippen molar-refractivity contribution in [2.45, 2.75) is 169 Å². The van der Waals surface area contributed by atoms with Crippen molar-refractivity contribution in [3.05, 3.63) is 107 Å². The van der Waals surface area contributed by atoms with Gasteiger partial charge in [0.1, 0.15) is 30.8 Å². The fraction of sp³-hybridized carbons (Fsp3) is 0.567. The second-order valence-corrected chi connectivity index (χ2v) is 22.3. The van der Waals surface area contributed by atoms with E-state index in [2.05, 4.69) is 5.16 Å². The summed E-state index contributed by atoms with van der Waals surface area (Å²) in [6, 6.07) is 16.7. The van der Waals surface area contributed by atoms with Crippen molar-refractivity contribution in [3.8, 4) is 0 Å². The molecule has 1 aliphatic heterocycles. The molecule has 0 aromatic heterocycles. The molecule has 20 heteroatoms. The Kier molecular flexibility index (Phi) is 24.6. The molecule has 3 amide bonds. The monoisotopic (exact) mass is 1120 g/mol. The number of alkyl halides is 3. The zero-order valence-corrected chi connectivity index (χ0v) is 48.7. The van der Waals surface area contributed by atoms with Crippen LogP contribution in [0, 0.1) is 23.7 Å². The lowest BCUT2D eigenvalue weighted by atomic mass is 10.00. The molecule has 1 saturated heterocycles. The Morgan fingerprint density at radius 1 is 0.475 bits per heavy atom. The van der Waals surface area contributed by atoms with Crippen molar-refractivity contribution in [1.82, 2.24) is 19.6 Å². The second-order valence-electron chi connectivity index (χ2n) is 22.3. The Morgan fingerprint density at radius 2 is 0.825 bits per heavy atom. The van der Waals surface area contributed by atoms with Gasteiger partial charge in [0.2, 0.25) is 0 Å². The number of hydrogen-bond acceptors (Lipinski definition) is 13. The summed E-state index contributed by atoms with van der Waals surface area (Å²) in [4.78, 5) is 113.